The molecule has 2 nitrogen and oxygen atoms in total. The van der Waals surface area contributed by atoms with Crippen molar-refractivity contribution in [3.63, 3.8) is 0 Å². The van der Waals surface area contributed by atoms with E-state index in [1.807, 2.05) is 30.3 Å². The molecule has 0 fully saturated rings. The van der Waals surface area contributed by atoms with Crippen LogP contribution in [-0.4, -0.2) is 5.11 Å². The fourth-order valence-corrected chi connectivity index (χ4v) is 2.48. The summed E-state index contributed by atoms with van der Waals surface area (Å²) in [6, 6.07) is 11.0. The summed E-state index contributed by atoms with van der Waals surface area (Å²) in [5.41, 5.74) is 0.556. The topological polar surface area (TPSA) is 24.1 Å². The summed E-state index contributed by atoms with van der Waals surface area (Å²) in [7, 11) is 1.76. The van der Waals surface area contributed by atoms with Crippen molar-refractivity contribution < 1.29 is 27.2 Å². The number of aromatic hydroxyl groups is 1. The summed E-state index contributed by atoms with van der Waals surface area (Å²) in [5.74, 6) is -8.61. The number of fused-ring (bicyclic) bond motifs is 1. The van der Waals surface area contributed by atoms with Gasteiger partial charge in [-0.15, -0.1) is 0 Å². The number of phenolic OH excluding ortho intramolecular Hbond substituents is 1. The number of halogens is 4. The highest BCUT2D eigenvalue weighted by molar-refractivity contribution is 5.77. The minimum absolute atomic E-state index is 0.571. The lowest BCUT2D eigenvalue weighted by atomic mass is 10.1. The molecule has 0 saturated heterocycles. The van der Waals surface area contributed by atoms with E-state index in [4.69, 9.17) is 5.11 Å². The molecule has 0 saturated carbocycles. The highest BCUT2D eigenvalue weighted by atomic mass is 19.2. The number of pyridine rings is 1. The summed E-state index contributed by atoms with van der Waals surface area (Å²) in [5, 5.41) is 9.95. The fraction of sp³-hybridized carbons (Fsp3) is 0.0556. The SMILES string of the molecule is C[n+]1c(/C=C/c2c(F)c(F)c(O)c(F)c2F)ccc2ccccc21. The van der Waals surface area contributed by atoms with E-state index in [0.717, 1.165) is 17.0 Å². The highest BCUT2D eigenvalue weighted by Crippen LogP contribution is 2.29. The van der Waals surface area contributed by atoms with Crippen LogP contribution in [0, 0.1) is 23.3 Å². The second-order valence-electron chi connectivity index (χ2n) is 5.23. The molecule has 0 bridgehead atoms. The molecule has 1 aromatic heterocycles. The number of aryl methyl sites for hydroxylation is 1. The standard InChI is InChI=1S/C18H11F4NO/c1-23-11(7-6-10-4-2-3-5-13(10)23)8-9-12-14(19)16(21)18(24)17(22)15(12)20/h2-9H,1H3/p+1. The maximum atomic E-state index is 13.8. The Morgan fingerprint density at radius 3 is 2.12 bits per heavy atom. The van der Waals surface area contributed by atoms with Crippen LogP contribution in [0.2, 0.25) is 0 Å². The Balaban J connectivity index is 2.11. The molecule has 0 aliphatic carbocycles. The van der Waals surface area contributed by atoms with Gasteiger partial charge in [-0.3, -0.25) is 0 Å². The van der Waals surface area contributed by atoms with Gasteiger partial charge < -0.3 is 5.11 Å². The molecule has 0 aliphatic heterocycles. The van der Waals surface area contributed by atoms with E-state index in [1.165, 1.54) is 6.08 Å². The normalized spacial score (nSPS) is 11.5. The number of phenols is 1. The number of nitrogens with zero attached hydrogens (tertiary/aromatic N) is 1. The van der Waals surface area contributed by atoms with Gasteiger partial charge in [0.25, 0.3) is 0 Å². The molecule has 3 rings (SSSR count). The Kier molecular flexibility index (Phi) is 3.97. The van der Waals surface area contributed by atoms with Gasteiger partial charge in [-0.05, 0) is 18.2 Å². The number of aromatic nitrogens is 1. The highest BCUT2D eigenvalue weighted by Gasteiger charge is 2.23. The Bertz CT molecular complexity index is 953. The Morgan fingerprint density at radius 1 is 0.833 bits per heavy atom. The summed E-state index contributed by atoms with van der Waals surface area (Å²) >= 11 is 0. The van der Waals surface area contributed by atoms with E-state index in [-0.39, 0.29) is 0 Å². The first-order valence-electron chi connectivity index (χ1n) is 7.02. The van der Waals surface area contributed by atoms with E-state index in [2.05, 4.69) is 0 Å². The Labute approximate surface area is 134 Å². The van der Waals surface area contributed by atoms with Crippen molar-refractivity contribution in [1.29, 1.82) is 0 Å². The first kappa shape index (κ1) is 16.0. The van der Waals surface area contributed by atoms with E-state index < -0.39 is 34.6 Å². The van der Waals surface area contributed by atoms with Gasteiger partial charge in [0.1, 0.15) is 7.05 Å². The van der Waals surface area contributed by atoms with E-state index in [1.54, 1.807) is 17.7 Å². The molecule has 0 spiro atoms. The van der Waals surface area contributed by atoms with Gasteiger partial charge in [0.2, 0.25) is 22.8 Å². The van der Waals surface area contributed by atoms with Gasteiger partial charge in [-0.2, -0.15) is 13.3 Å². The van der Waals surface area contributed by atoms with Gasteiger partial charge in [0.05, 0.1) is 5.56 Å². The van der Waals surface area contributed by atoms with Crippen molar-refractivity contribution in [3.05, 3.63) is 70.9 Å². The number of para-hydroxylation sites is 1. The summed E-state index contributed by atoms with van der Waals surface area (Å²) < 4.78 is 56.0. The maximum Gasteiger partial charge on any atom is 0.212 e. The average molecular weight is 334 g/mol. The van der Waals surface area contributed by atoms with Crippen LogP contribution >= 0.6 is 0 Å². The lowest BCUT2D eigenvalue weighted by Crippen LogP contribution is -2.32. The monoisotopic (exact) mass is 334 g/mol. The molecular weight excluding hydrogens is 322 g/mol. The number of hydrogen-bond acceptors (Lipinski definition) is 1. The van der Waals surface area contributed by atoms with Crippen molar-refractivity contribution in [3.8, 4) is 5.75 Å². The molecule has 0 amide bonds. The second kappa shape index (κ2) is 5.96. The first-order chi connectivity index (χ1) is 11.4. The zero-order valence-corrected chi connectivity index (χ0v) is 12.5. The molecule has 0 aliphatic rings. The lowest BCUT2D eigenvalue weighted by Gasteiger charge is -2.05. The quantitative estimate of drug-likeness (QED) is 0.426. The summed E-state index contributed by atoms with van der Waals surface area (Å²) in [6.07, 6.45) is 2.27. The maximum absolute atomic E-state index is 13.8. The zero-order valence-electron chi connectivity index (χ0n) is 12.5. The zero-order chi connectivity index (χ0) is 17.4. The molecule has 24 heavy (non-hydrogen) atoms. The molecule has 2 aromatic carbocycles. The van der Waals surface area contributed by atoms with Crippen LogP contribution in [0.5, 0.6) is 5.75 Å². The number of hydrogen-bond donors (Lipinski definition) is 1. The third-order valence-corrected chi connectivity index (χ3v) is 3.81. The molecule has 0 unspecified atom stereocenters. The lowest BCUT2D eigenvalue weighted by molar-refractivity contribution is -0.646. The van der Waals surface area contributed by atoms with Gasteiger partial charge in [0.15, 0.2) is 17.4 Å². The predicted octanol–water partition coefficient (Wildman–Crippen LogP) is 4.10. The van der Waals surface area contributed by atoms with Crippen LogP contribution in [0.25, 0.3) is 23.1 Å². The molecule has 0 atom stereocenters. The molecule has 6 heteroatoms. The van der Waals surface area contributed by atoms with Crippen LogP contribution in [0.15, 0.2) is 36.4 Å². The molecule has 3 aromatic rings. The van der Waals surface area contributed by atoms with Crippen LogP contribution in [0.3, 0.4) is 0 Å². The van der Waals surface area contributed by atoms with E-state index >= 15 is 0 Å². The number of rotatable bonds is 2. The minimum atomic E-state index is -1.82. The Morgan fingerprint density at radius 2 is 1.46 bits per heavy atom. The van der Waals surface area contributed by atoms with Crippen molar-refractivity contribution in [2.75, 3.05) is 0 Å². The van der Waals surface area contributed by atoms with Crippen molar-refractivity contribution in [1.82, 2.24) is 0 Å². The fourth-order valence-electron chi connectivity index (χ4n) is 2.48. The predicted molar refractivity (Wildman–Crippen MR) is 82.0 cm³/mol. The second-order valence-corrected chi connectivity index (χ2v) is 5.23. The van der Waals surface area contributed by atoms with Crippen LogP contribution in [-0.2, 0) is 7.05 Å². The number of benzene rings is 2. The molecule has 1 heterocycles. The van der Waals surface area contributed by atoms with Gasteiger partial charge in [-0.1, -0.05) is 12.1 Å². The van der Waals surface area contributed by atoms with E-state index in [9.17, 15) is 17.6 Å². The largest absolute Gasteiger partial charge is 0.503 e. The minimum Gasteiger partial charge on any atom is -0.503 e. The third kappa shape index (κ3) is 2.50. The Hall–Kier alpha value is -2.89. The van der Waals surface area contributed by atoms with Crippen molar-refractivity contribution in [2.45, 2.75) is 0 Å². The molecular formula is C18H12F4NO+. The summed E-state index contributed by atoms with van der Waals surface area (Å²) in [6.45, 7) is 0. The van der Waals surface area contributed by atoms with Crippen LogP contribution < -0.4 is 4.57 Å². The van der Waals surface area contributed by atoms with E-state index in [0.29, 0.717) is 5.69 Å². The molecule has 1 N–H and O–H groups in total. The molecule has 122 valence electrons. The first-order valence-corrected chi connectivity index (χ1v) is 7.02. The summed E-state index contributed by atoms with van der Waals surface area (Å²) in [4.78, 5) is 0. The van der Waals surface area contributed by atoms with Crippen LogP contribution in [0.4, 0.5) is 17.6 Å². The van der Waals surface area contributed by atoms with Gasteiger partial charge >= 0.3 is 0 Å². The van der Waals surface area contributed by atoms with Gasteiger partial charge in [0, 0.05) is 23.6 Å². The third-order valence-electron chi connectivity index (χ3n) is 3.81. The molecule has 0 radical (unpaired) electrons. The van der Waals surface area contributed by atoms with Crippen LogP contribution in [0.1, 0.15) is 11.3 Å². The van der Waals surface area contributed by atoms with Crippen molar-refractivity contribution >= 4 is 23.1 Å². The van der Waals surface area contributed by atoms with Crippen molar-refractivity contribution in [2.24, 2.45) is 7.05 Å². The average Bonchev–Trinajstić information content (AvgIpc) is 2.60. The van der Waals surface area contributed by atoms with Gasteiger partial charge in [-0.25, -0.2) is 8.78 Å². The smallest absolute Gasteiger partial charge is 0.212 e.